The second kappa shape index (κ2) is 8.31. The number of hydrogen-bond donors (Lipinski definition) is 4. The third kappa shape index (κ3) is 4.37. The maximum absolute atomic E-state index is 12.3. The van der Waals surface area contributed by atoms with Crippen LogP contribution in [0.25, 0.3) is 0 Å². The lowest BCUT2D eigenvalue weighted by molar-refractivity contribution is 0.0948. The highest BCUT2D eigenvalue weighted by molar-refractivity contribution is 7.14. The van der Waals surface area contributed by atoms with E-state index in [2.05, 4.69) is 15.6 Å². The van der Waals surface area contributed by atoms with Crippen molar-refractivity contribution in [3.63, 3.8) is 0 Å². The van der Waals surface area contributed by atoms with Gasteiger partial charge >= 0.3 is 0 Å². The summed E-state index contributed by atoms with van der Waals surface area (Å²) in [5, 5.41) is 16.8. The van der Waals surface area contributed by atoms with Gasteiger partial charge in [0, 0.05) is 30.6 Å². The lowest BCUT2D eigenvalue weighted by Gasteiger charge is -2.11. The highest BCUT2D eigenvalue weighted by Crippen LogP contribution is 2.34. The molecule has 0 saturated carbocycles. The van der Waals surface area contributed by atoms with Crippen molar-refractivity contribution in [2.75, 3.05) is 32.6 Å². The second-order valence-corrected chi connectivity index (χ2v) is 5.62. The number of nitrogens with two attached hydrogens (primary N) is 1. The minimum atomic E-state index is -0.596. The van der Waals surface area contributed by atoms with Crippen molar-refractivity contribution in [1.29, 1.82) is 0 Å². The summed E-state index contributed by atoms with van der Waals surface area (Å²) >= 11 is 1.09. The smallest absolute Gasteiger partial charge is 0.270 e. The molecule has 1 aromatic carbocycles. The number of nitrogens with one attached hydrogen (secondary N) is 2. The molecule has 1 heterocycles. The first-order valence-electron chi connectivity index (χ1n) is 7.20. The van der Waals surface area contributed by atoms with Crippen LogP contribution >= 0.6 is 11.3 Å². The molecule has 134 valence electrons. The number of carbonyl (C=O) groups is 2. The molecule has 0 bridgehead atoms. The summed E-state index contributed by atoms with van der Waals surface area (Å²) in [5.41, 5.74) is 5.48. The van der Waals surface area contributed by atoms with Gasteiger partial charge in [-0.3, -0.25) is 14.9 Å². The summed E-state index contributed by atoms with van der Waals surface area (Å²) in [6.45, 7) is 0.648. The maximum atomic E-state index is 12.3. The number of benzene rings is 1. The van der Waals surface area contributed by atoms with Crippen LogP contribution in [-0.4, -0.2) is 49.2 Å². The van der Waals surface area contributed by atoms with Gasteiger partial charge in [-0.05, 0) is 0 Å². The summed E-state index contributed by atoms with van der Waals surface area (Å²) in [6, 6.07) is 2.63. The van der Waals surface area contributed by atoms with E-state index in [4.69, 9.17) is 15.2 Å². The van der Waals surface area contributed by atoms with Crippen LogP contribution in [0.5, 0.6) is 17.2 Å². The molecule has 0 spiro atoms. The molecular weight excluding hydrogens is 348 g/mol. The Labute approximate surface area is 147 Å². The Balaban J connectivity index is 2.15. The van der Waals surface area contributed by atoms with Crippen LogP contribution in [0, 0.1) is 0 Å². The molecule has 0 fully saturated rings. The number of rotatable bonds is 7. The maximum Gasteiger partial charge on any atom is 0.270 e. The van der Waals surface area contributed by atoms with Crippen LogP contribution in [0.15, 0.2) is 17.5 Å². The fraction of sp³-hybridized carbons (Fsp3) is 0.267. The summed E-state index contributed by atoms with van der Waals surface area (Å²) in [5.74, 6) is -0.651. The molecular formula is C15H18N4O5S. The third-order valence-corrected chi connectivity index (χ3v) is 3.89. The number of methoxy groups -OCH3 is 2. The summed E-state index contributed by atoms with van der Waals surface area (Å²) in [4.78, 5) is 28.1. The van der Waals surface area contributed by atoms with E-state index >= 15 is 0 Å². The van der Waals surface area contributed by atoms with E-state index in [9.17, 15) is 14.7 Å². The number of nitrogens with zero attached hydrogens (tertiary/aromatic N) is 1. The van der Waals surface area contributed by atoms with Gasteiger partial charge in [0.05, 0.1) is 19.8 Å². The molecule has 25 heavy (non-hydrogen) atoms. The van der Waals surface area contributed by atoms with Crippen molar-refractivity contribution in [2.45, 2.75) is 0 Å². The minimum absolute atomic E-state index is 0.0121. The third-order valence-electron chi connectivity index (χ3n) is 3.13. The van der Waals surface area contributed by atoms with Crippen molar-refractivity contribution >= 4 is 28.3 Å². The van der Waals surface area contributed by atoms with E-state index in [0.717, 1.165) is 11.3 Å². The van der Waals surface area contributed by atoms with Crippen LogP contribution in [0.3, 0.4) is 0 Å². The fourth-order valence-corrected chi connectivity index (χ4v) is 2.61. The molecule has 0 aliphatic heterocycles. The standard InChI is InChI=1S/C15H18N4O5S/c1-23-11-5-8(10(20)6-12(11)24-2)13(21)19-15-18-9(7-25-15)14(22)17-4-3-16/h5-7,20H,3-4,16H2,1-2H3,(H,17,22)(H,18,19,21). The Morgan fingerprint density at radius 2 is 1.92 bits per heavy atom. The second-order valence-electron chi connectivity index (χ2n) is 4.76. The van der Waals surface area contributed by atoms with Gasteiger partial charge in [-0.1, -0.05) is 0 Å². The van der Waals surface area contributed by atoms with Gasteiger partial charge in [0.2, 0.25) is 0 Å². The number of aromatic hydroxyl groups is 1. The molecule has 2 aromatic rings. The van der Waals surface area contributed by atoms with Gasteiger partial charge in [0.25, 0.3) is 11.8 Å². The summed E-state index contributed by atoms with van der Waals surface area (Å²) in [6.07, 6.45) is 0. The highest BCUT2D eigenvalue weighted by atomic mass is 32.1. The lowest BCUT2D eigenvalue weighted by atomic mass is 10.1. The van der Waals surface area contributed by atoms with Gasteiger partial charge in [-0.2, -0.15) is 0 Å². The van der Waals surface area contributed by atoms with Crippen molar-refractivity contribution in [2.24, 2.45) is 5.73 Å². The van der Waals surface area contributed by atoms with Crippen molar-refractivity contribution < 1.29 is 24.2 Å². The Morgan fingerprint density at radius 3 is 2.56 bits per heavy atom. The number of amides is 2. The Kier molecular flexibility index (Phi) is 6.14. The number of anilines is 1. The van der Waals surface area contributed by atoms with Crippen molar-refractivity contribution in [1.82, 2.24) is 10.3 Å². The first kappa shape index (κ1) is 18.5. The van der Waals surface area contributed by atoms with Gasteiger partial charge in [-0.15, -0.1) is 11.3 Å². The molecule has 0 unspecified atom stereocenters. The topological polar surface area (TPSA) is 136 Å². The largest absolute Gasteiger partial charge is 0.507 e. The van der Waals surface area contributed by atoms with Gasteiger partial charge < -0.3 is 25.6 Å². The molecule has 10 heteroatoms. The SMILES string of the molecule is COc1cc(O)c(C(=O)Nc2nc(C(=O)NCCN)cs2)cc1OC. The van der Waals surface area contributed by atoms with E-state index in [-0.39, 0.29) is 28.0 Å². The van der Waals surface area contributed by atoms with E-state index in [0.29, 0.717) is 24.6 Å². The van der Waals surface area contributed by atoms with Crippen LogP contribution in [0.2, 0.25) is 0 Å². The van der Waals surface area contributed by atoms with E-state index in [1.165, 1.54) is 31.7 Å². The quantitative estimate of drug-likeness (QED) is 0.569. The molecule has 0 atom stereocenters. The fourth-order valence-electron chi connectivity index (χ4n) is 1.93. The van der Waals surface area contributed by atoms with Gasteiger partial charge in [0.1, 0.15) is 11.4 Å². The Hall–Kier alpha value is -2.85. The molecule has 9 nitrogen and oxygen atoms in total. The molecule has 2 rings (SSSR count). The van der Waals surface area contributed by atoms with Crippen molar-refractivity contribution in [3.8, 4) is 17.2 Å². The Bertz CT molecular complexity index is 777. The molecule has 0 saturated heterocycles. The molecule has 5 N–H and O–H groups in total. The van der Waals surface area contributed by atoms with Gasteiger partial charge in [0.15, 0.2) is 16.6 Å². The minimum Gasteiger partial charge on any atom is -0.507 e. The monoisotopic (exact) mass is 366 g/mol. The van der Waals surface area contributed by atoms with E-state index < -0.39 is 5.91 Å². The Morgan fingerprint density at radius 1 is 1.24 bits per heavy atom. The van der Waals surface area contributed by atoms with Crippen LogP contribution in [-0.2, 0) is 0 Å². The predicted molar refractivity (Wildman–Crippen MR) is 92.7 cm³/mol. The highest BCUT2D eigenvalue weighted by Gasteiger charge is 2.18. The predicted octanol–water partition coefficient (Wildman–Crippen LogP) is 0.807. The first-order valence-corrected chi connectivity index (χ1v) is 8.08. The first-order chi connectivity index (χ1) is 12.0. The number of aromatic nitrogens is 1. The summed E-state index contributed by atoms with van der Waals surface area (Å²) in [7, 11) is 2.84. The summed E-state index contributed by atoms with van der Waals surface area (Å²) < 4.78 is 10.2. The molecule has 2 amide bonds. The molecule has 1 aromatic heterocycles. The zero-order valence-corrected chi connectivity index (χ0v) is 14.5. The van der Waals surface area contributed by atoms with E-state index in [1.807, 2.05) is 0 Å². The van der Waals surface area contributed by atoms with Crippen molar-refractivity contribution in [3.05, 3.63) is 28.8 Å². The number of hydrogen-bond acceptors (Lipinski definition) is 8. The van der Waals surface area contributed by atoms with Crippen LogP contribution in [0.1, 0.15) is 20.8 Å². The zero-order valence-electron chi connectivity index (χ0n) is 13.7. The molecule has 0 aliphatic rings. The normalized spacial score (nSPS) is 10.2. The lowest BCUT2D eigenvalue weighted by Crippen LogP contribution is -2.29. The zero-order chi connectivity index (χ0) is 18.4. The number of ether oxygens (including phenoxy) is 2. The number of carbonyl (C=O) groups excluding carboxylic acids is 2. The van der Waals surface area contributed by atoms with Crippen LogP contribution < -0.4 is 25.8 Å². The number of thiazole rings is 1. The number of phenolic OH excluding ortho intramolecular Hbond substituents is 1. The van der Waals surface area contributed by atoms with Crippen LogP contribution in [0.4, 0.5) is 5.13 Å². The van der Waals surface area contributed by atoms with Gasteiger partial charge in [-0.25, -0.2) is 4.98 Å². The van der Waals surface area contributed by atoms with E-state index in [1.54, 1.807) is 0 Å². The molecule has 0 radical (unpaired) electrons. The molecule has 0 aliphatic carbocycles. The number of phenols is 1. The average Bonchev–Trinajstić information content (AvgIpc) is 3.07. The average molecular weight is 366 g/mol.